The van der Waals surface area contributed by atoms with Crippen molar-refractivity contribution in [3.05, 3.63) is 93.5 Å². The van der Waals surface area contributed by atoms with Crippen LogP contribution in [0.4, 0.5) is 11.4 Å². The summed E-state index contributed by atoms with van der Waals surface area (Å²) in [4.78, 5) is 36.6. The van der Waals surface area contributed by atoms with Gasteiger partial charge in [-0.05, 0) is 61.0 Å². The van der Waals surface area contributed by atoms with Gasteiger partial charge in [-0.1, -0.05) is 34.1 Å². The molecule has 3 aromatic carbocycles. The van der Waals surface area contributed by atoms with Crippen molar-refractivity contribution in [2.45, 2.75) is 6.92 Å². The first-order valence-corrected chi connectivity index (χ1v) is 10.6. The third-order valence-corrected chi connectivity index (χ3v) is 5.26. The Labute approximate surface area is 199 Å². The van der Waals surface area contributed by atoms with Crippen LogP contribution in [0, 0.1) is 6.92 Å². The van der Waals surface area contributed by atoms with E-state index in [0.717, 1.165) is 15.6 Å². The number of methoxy groups -OCH3 is 1. The zero-order valence-electron chi connectivity index (χ0n) is 17.9. The van der Waals surface area contributed by atoms with Crippen LogP contribution >= 0.6 is 15.9 Å². The lowest BCUT2D eigenvalue weighted by Crippen LogP contribution is -2.16. The maximum Gasteiger partial charge on any atom is 0.337 e. The fourth-order valence-corrected chi connectivity index (χ4v) is 3.43. The fraction of sp³-hybridized carbons (Fsp3) is 0.0800. The highest BCUT2D eigenvalue weighted by molar-refractivity contribution is 9.10. The number of benzene rings is 3. The smallest absolute Gasteiger partial charge is 0.337 e. The molecule has 3 aromatic rings. The Morgan fingerprint density at radius 1 is 0.970 bits per heavy atom. The van der Waals surface area contributed by atoms with Gasteiger partial charge in [-0.2, -0.15) is 0 Å². The van der Waals surface area contributed by atoms with E-state index in [1.54, 1.807) is 56.5 Å². The molecule has 0 fully saturated rings. The Morgan fingerprint density at radius 2 is 1.73 bits per heavy atom. The Kier molecular flexibility index (Phi) is 7.63. The maximum atomic E-state index is 12.7. The summed E-state index contributed by atoms with van der Waals surface area (Å²) in [5.41, 5.74) is 2.40. The number of ether oxygens (including phenoxy) is 1. The number of anilines is 2. The van der Waals surface area contributed by atoms with Gasteiger partial charge < -0.3 is 20.5 Å². The Hall–Kier alpha value is -3.91. The van der Waals surface area contributed by atoms with E-state index < -0.39 is 11.9 Å². The number of aryl methyl sites for hydroxylation is 1. The van der Waals surface area contributed by atoms with Gasteiger partial charge in [0, 0.05) is 27.4 Å². The molecule has 168 valence electrons. The quantitative estimate of drug-likeness (QED) is 0.372. The normalized spacial score (nSPS) is 10.6. The molecule has 0 aliphatic heterocycles. The summed E-state index contributed by atoms with van der Waals surface area (Å²) in [6, 6.07) is 16.4. The van der Waals surface area contributed by atoms with Crippen molar-refractivity contribution < 1.29 is 24.2 Å². The van der Waals surface area contributed by atoms with E-state index >= 15 is 0 Å². The minimum absolute atomic E-state index is 0.0143. The predicted molar refractivity (Wildman–Crippen MR) is 131 cm³/mol. The highest BCUT2D eigenvalue weighted by atomic mass is 79.9. The predicted octanol–water partition coefficient (Wildman–Crippen LogP) is 5.37. The van der Waals surface area contributed by atoms with Crippen LogP contribution in [0.1, 0.15) is 31.8 Å². The number of nitrogens with one attached hydrogen (secondary N) is 2. The van der Waals surface area contributed by atoms with Gasteiger partial charge in [0.1, 0.15) is 5.75 Å². The number of carbonyl (C=O) groups excluding carboxylic acids is 2. The number of amides is 2. The van der Waals surface area contributed by atoms with E-state index in [1.165, 1.54) is 18.2 Å². The van der Waals surface area contributed by atoms with E-state index in [0.29, 0.717) is 11.4 Å². The van der Waals surface area contributed by atoms with E-state index in [-0.39, 0.29) is 22.7 Å². The summed E-state index contributed by atoms with van der Waals surface area (Å²) in [7, 11) is 1.55. The number of carbonyl (C=O) groups is 3. The van der Waals surface area contributed by atoms with E-state index in [9.17, 15) is 19.5 Å². The zero-order valence-corrected chi connectivity index (χ0v) is 19.5. The molecule has 0 aliphatic carbocycles. The van der Waals surface area contributed by atoms with E-state index in [1.807, 2.05) is 12.1 Å². The lowest BCUT2D eigenvalue weighted by molar-refractivity contribution is -0.111. The molecule has 7 nitrogen and oxygen atoms in total. The van der Waals surface area contributed by atoms with Gasteiger partial charge in [-0.25, -0.2) is 4.79 Å². The van der Waals surface area contributed by atoms with Crippen LogP contribution < -0.4 is 15.4 Å². The van der Waals surface area contributed by atoms with Crippen LogP contribution in [0.25, 0.3) is 6.08 Å². The van der Waals surface area contributed by atoms with Crippen molar-refractivity contribution in [2.75, 3.05) is 17.7 Å². The van der Waals surface area contributed by atoms with Gasteiger partial charge in [0.2, 0.25) is 5.91 Å². The molecular formula is C25H21BrN2O5. The monoisotopic (exact) mass is 508 g/mol. The minimum Gasteiger partial charge on any atom is -0.496 e. The molecule has 0 heterocycles. The first kappa shape index (κ1) is 23.7. The second-order valence-corrected chi connectivity index (χ2v) is 7.96. The number of rotatable bonds is 7. The molecule has 0 saturated carbocycles. The highest BCUT2D eigenvalue weighted by Gasteiger charge is 2.14. The molecule has 0 aromatic heterocycles. The molecule has 3 N–H and O–H groups in total. The molecule has 0 radical (unpaired) electrons. The molecule has 0 aliphatic rings. The molecule has 3 rings (SSSR count). The van der Waals surface area contributed by atoms with E-state index in [4.69, 9.17) is 4.74 Å². The van der Waals surface area contributed by atoms with Gasteiger partial charge in [0.15, 0.2) is 0 Å². The number of carboxylic acids is 1. The van der Waals surface area contributed by atoms with Crippen LogP contribution in [-0.4, -0.2) is 30.0 Å². The van der Waals surface area contributed by atoms with Gasteiger partial charge in [0.05, 0.1) is 18.4 Å². The number of aromatic carboxylic acids is 1. The SMILES string of the molecule is COc1ccc(Br)cc1/C=C/C(=O)Nc1cc(C(=O)Nc2ccccc2C(=O)O)ccc1C. The first-order valence-electron chi connectivity index (χ1n) is 9.85. The molecule has 8 heteroatoms. The molecule has 33 heavy (non-hydrogen) atoms. The summed E-state index contributed by atoms with van der Waals surface area (Å²) in [5.74, 6) is -1.39. The first-order chi connectivity index (χ1) is 15.8. The van der Waals surface area contributed by atoms with Crippen molar-refractivity contribution in [3.8, 4) is 5.75 Å². The Morgan fingerprint density at radius 3 is 2.45 bits per heavy atom. The van der Waals surface area contributed by atoms with Crippen molar-refractivity contribution >= 4 is 51.2 Å². The lowest BCUT2D eigenvalue weighted by Gasteiger charge is -2.11. The average Bonchev–Trinajstić information content (AvgIpc) is 2.79. The molecule has 0 spiro atoms. The Balaban J connectivity index is 1.77. The van der Waals surface area contributed by atoms with Crippen LogP contribution in [0.2, 0.25) is 0 Å². The molecule has 0 atom stereocenters. The van der Waals surface area contributed by atoms with Gasteiger partial charge in [-0.3, -0.25) is 9.59 Å². The number of carboxylic acid groups (broad SMARTS) is 1. The Bertz CT molecular complexity index is 1250. The summed E-state index contributed by atoms with van der Waals surface area (Å²) < 4.78 is 6.15. The van der Waals surface area contributed by atoms with Crippen LogP contribution in [0.5, 0.6) is 5.75 Å². The zero-order chi connectivity index (χ0) is 24.0. The van der Waals surface area contributed by atoms with Crippen LogP contribution in [-0.2, 0) is 4.79 Å². The number of halogens is 1. The highest BCUT2D eigenvalue weighted by Crippen LogP contribution is 2.24. The van der Waals surface area contributed by atoms with Crippen LogP contribution in [0.3, 0.4) is 0 Å². The second kappa shape index (κ2) is 10.6. The number of hydrogen-bond donors (Lipinski definition) is 3. The van der Waals surface area contributed by atoms with Crippen LogP contribution in [0.15, 0.2) is 71.2 Å². The largest absolute Gasteiger partial charge is 0.496 e. The maximum absolute atomic E-state index is 12.7. The average molecular weight is 509 g/mol. The van der Waals surface area contributed by atoms with Gasteiger partial charge >= 0.3 is 5.97 Å². The number of para-hydroxylation sites is 1. The molecule has 0 saturated heterocycles. The topological polar surface area (TPSA) is 105 Å². The summed E-state index contributed by atoms with van der Waals surface area (Å²) in [6.07, 6.45) is 3.01. The summed E-state index contributed by atoms with van der Waals surface area (Å²) >= 11 is 3.39. The number of hydrogen-bond acceptors (Lipinski definition) is 4. The molecule has 2 amide bonds. The minimum atomic E-state index is -1.14. The van der Waals surface area contributed by atoms with E-state index in [2.05, 4.69) is 26.6 Å². The molecule has 0 unspecified atom stereocenters. The standard InChI is InChI=1S/C25H21BrN2O5/c1-15-7-8-17(24(30)28-20-6-4-3-5-19(20)25(31)32)14-21(15)27-23(29)12-9-16-13-18(26)10-11-22(16)33-2/h3-14H,1-2H3,(H,27,29)(H,28,30)(H,31,32)/b12-9+. The van der Waals surface area contributed by atoms with Gasteiger partial charge in [-0.15, -0.1) is 0 Å². The molecule has 0 bridgehead atoms. The molecular weight excluding hydrogens is 488 g/mol. The fourth-order valence-electron chi connectivity index (χ4n) is 3.05. The summed E-state index contributed by atoms with van der Waals surface area (Å²) in [5, 5.41) is 14.7. The van der Waals surface area contributed by atoms with Crippen molar-refractivity contribution in [3.63, 3.8) is 0 Å². The van der Waals surface area contributed by atoms with Crippen molar-refractivity contribution in [2.24, 2.45) is 0 Å². The van der Waals surface area contributed by atoms with Gasteiger partial charge in [0.25, 0.3) is 5.91 Å². The lowest BCUT2D eigenvalue weighted by atomic mass is 10.1. The van der Waals surface area contributed by atoms with Crippen molar-refractivity contribution in [1.82, 2.24) is 0 Å². The third-order valence-electron chi connectivity index (χ3n) is 4.77. The third kappa shape index (κ3) is 6.08. The van der Waals surface area contributed by atoms with Crippen molar-refractivity contribution in [1.29, 1.82) is 0 Å². The summed E-state index contributed by atoms with van der Waals surface area (Å²) in [6.45, 7) is 1.80. The second-order valence-electron chi connectivity index (χ2n) is 7.04.